The Hall–Kier alpha value is -1.27. The van der Waals surface area contributed by atoms with Crippen LogP contribution in [0.2, 0.25) is 5.02 Å². The summed E-state index contributed by atoms with van der Waals surface area (Å²) in [5.41, 5.74) is 0. The first-order valence-corrected chi connectivity index (χ1v) is 8.52. The Balaban J connectivity index is 2.34. The molecule has 118 valence electrons. The summed E-state index contributed by atoms with van der Waals surface area (Å²) in [6, 6.07) is 6.62. The van der Waals surface area contributed by atoms with E-state index in [4.69, 9.17) is 16.3 Å². The fourth-order valence-corrected chi connectivity index (χ4v) is 2.47. The minimum Gasteiger partial charge on any atom is -0.484 e. The lowest BCUT2D eigenvalue weighted by atomic mass is 10.3. The van der Waals surface area contributed by atoms with Gasteiger partial charge in [0.1, 0.15) is 5.75 Å². The molecule has 0 aromatic heterocycles. The van der Waals surface area contributed by atoms with Crippen LogP contribution in [0.15, 0.2) is 24.3 Å². The second kappa shape index (κ2) is 7.13. The normalized spacial score (nSPS) is 12.0. The van der Waals surface area contributed by atoms with Gasteiger partial charge in [-0.25, -0.2) is 8.42 Å². The molecule has 0 saturated heterocycles. The van der Waals surface area contributed by atoms with Crippen molar-refractivity contribution in [3.63, 3.8) is 0 Å². The first kappa shape index (κ1) is 17.8. The van der Waals surface area contributed by atoms with Crippen LogP contribution in [0.25, 0.3) is 0 Å². The van der Waals surface area contributed by atoms with Crippen LogP contribution in [-0.2, 0) is 14.6 Å². The molecule has 0 unspecified atom stereocenters. The molecule has 1 aromatic carbocycles. The summed E-state index contributed by atoms with van der Waals surface area (Å²) in [6.45, 7) is 4.80. The average molecular weight is 334 g/mol. The van der Waals surface area contributed by atoms with E-state index in [1.54, 1.807) is 45.0 Å². The maximum Gasteiger partial charge on any atom is 0.257 e. The zero-order valence-corrected chi connectivity index (χ0v) is 13.9. The van der Waals surface area contributed by atoms with Crippen molar-refractivity contribution < 1.29 is 17.9 Å². The van der Waals surface area contributed by atoms with Crippen LogP contribution >= 0.6 is 11.6 Å². The van der Waals surface area contributed by atoms with Crippen molar-refractivity contribution in [3.05, 3.63) is 29.3 Å². The van der Waals surface area contributed by atoms with Gasteiger partial charge in [0.25, 0.3) is 5.91 Å². The van der Waals surface area contributed by atoms with E-state index in [1.165, 1.54) is 0 Å². The maximum absolute atomic E-state index is 11.8. The molecule has 0 atom stereocenters. The Morgan fingerprint density at radius 2 is 1.81 bits per heavy atom. The minimum atomic E-state index is -3.24. The number of sulfone groups is 1. The zero-order valence-electron chi connectivity index (χ0n) is 12.3. The van der Waals surface area contributed by atoms with Crippen molar-refractivity contribution in [3.8, 4) is 5.75 Å². The van der Waals surface area contributed by atoms with E-state index in [9.17, 15) is 13.2 Å². The summed E-state index contributed by atoms with van der Waals surface area (Å²) < 4.78 is 28.1. The lowest BCUT2D eigenvalue weighted by Gasteiger charge is -2.19. The van der Waals surface area contributed by atoms with E-state index in [-0.39, 0.29) is 24.8 Å². The van der Waals surface area contributed by atoms with Crippen molar-refractivity contribution in [2.45, 2.75) is 25.5 Å². The van der Waals surface area contributed by atoms with Gasteiger partial charge in [0, 0.05) is 11.6 Å². The maximum atomic E-state index is 11.8. The number of hydrogen-bond acceptors (Lipinski definition) is 4. The highest BCUT2D eigenvalue weighted by Crippen LogP contribution is 2.16. The van der Waals surface area contributed by atoms with Crippen molar-refractivity contribution in [2.75, 3.05) is 18.9 Å². The Morgan fingerprint density at radius 1 is 1.24 bits per heavy atom. The zero-order chi connectivity index (χ0) is 16.1. The topological polar surface area (TPSA) is 72.5 Å². The third-order valence-electron chi connectivity index (χ3n) is 2.81. The molecule has 0 fully saturated rings. The van der Waals surface area contributed by atoms with Crippen molar-refractivity contribution in [2.24, 2.45) is 0 Å². The average Bonchev–Trinajstić information content (AvgIpc) is 2.36. The number of amides is 1. The number of carbonyl (C=O) groups excluding carboxylic acids is 1. The second-order valence-corrected chi connectivity index (χ2v) is 8.82. The number of nitrogens with one attached hydrogen (secondary N) is 1. The van der Waals surface area contributed by atoms with E-state index < -0.39 is 14.6 Å². The molecule has 7 heteroatoms. The monoisotopic (exact) mass is 333 g/mol. The lowest BCUT2D eigenvalue weighted by Crippen LogP contribution is -2.37. The fourth-order valence-electron chi connectivity index (χ4n) is 1.36. The van der Waals surface area contributed by atoms with Gasteiger partial charge in [0.2, 0.25) is 0 Å². The van der Waals surface area contributed by atoms with E-state index in [0.29, 0.717) is 10.8 Å². The molecule has 0 spiro atoms. The number of halogens is 1. The molecular weight excluding hydrogens is 314 g/mol. The molecule has 0 saturated carbocycles. The Morgan fingerprint density at radius 3 is 2.33 bits per heavy atom. The SMILES string of the molecule is CC(C)(C)S(=O)(=O)CCNC(=O)COc1ccc(Cl)cc1. The van der Waals surface area contributed by atoms with Crippen LogP contribution in [0, 0.1) is 0 Å². The first-order chi connectivity index (χ1) is 9.62. The number of carbonyl (C=O) groups is 1. The quantitative estimate of drug-likeness (QED) is 0.864. The van der Waals surface area contributed by atoms with Gasteiger partial charge in [-0.2, -0.15) is 0 Å². The molecule has 1 rings (SSSR count). The standard InChI is InChI=1S/C14H20ClNO4S/c1-14(2,3)21(18,19)9-8-16-13(17)10-20-12-6-4-11(15)5-7-12/h4-7H,8-10H2,1-3H3,(H,16,17). The van der Waals surface area contributed by atoms with Crippen LogP contribution < -0.4 is 10.1 Å². The molecule has 1 amide bonds. The highest BCUT2D eigenvalue weighted by molar-refractivity contribution is 7.92. The predicted molar refractivity (Wildman–Crippen MR) is 83.5 cm³/mol. The second-order valence-electron chi connectivity index (χ2n) is 5.52. The molecule has 0 aliphatic heterocycles. The molecule has 1 N–H and O–H groups in total. The smallest absolute Gasteiger partial charge is 0.257 e. The third-order valence-corrected chi connectivity index (χ3v) is 5.67. The summed E-state index contributed by atoms with van der Waals surface area (Å²) in [6.07, 6.45) is 0. The first-order valence-electron chi connectivity index (χ1n) is 6.49. The van der Waals surface area contributed by atoms with Gasteiger partial charge >= 0.3 is 0 Å². The number of rotatable bonds is 6. The van der Waals surface area contributed by atoms with Crippen molar-refractivity contribution >= 4 is 27.3 Å². The Labute approximate surface area is 130 Å². The van der Waals surface area contributed by atoms with Crippen LogP contribution in [0.3, 0.4) is 0 Å². The van der Waals surface area contributed by atoms with Crippen LogP contribution in [0.5, 0.6) is 5.75 Å². The van der Waals surface area contributed by atoms with Gasteiger partial charge in [-0.3, -0.25) is 4.79 Å². The number of benzene rings is 1. The Kier molecular flexibility index (Phi) is 6.04. The molecule has 0 aliphatic rings. The van der Waals surface area contributed by atoms with Gasteiger partial charge in [-0.15, -0.1) is 0 Å². The molecule has 0 radical (unpaired) electrons. The molecule has 1 aromatic rings. The van der Waals surface area contributed by atoms with Crippen molar-refractivity contribution in [1.29, 1.82) is 0 Å². The summed E-state index contributed by atoms with van der Waals surface area (Å²) >= 11 is 5.73. The molecular formula is C14H20ClNO4S. The highest BCUT2D eigenvalue weighted by atomic mass is 35.5. The van der Waals surface area contributed by atoms with Crippen LogP contribution in [-0.4, -0.2) is 38.0 Å². The molecule has 21 heavy (non-hydrogen) atoms. The van der Waals surface area contributed by atoms with E-state index in [2.05, 4.69) is 5.32 Å². The van der Waals surface area contributed by atoms with Gasteiger partial charge in [-0.1, -0.05) is 11.6 Å². The summed E-state index contributed by atoms with van der Waals surface area (Å²) in [7, 11) is -3.24. The van der Waals surface area contributed by atoms with E-state index in [1.807, 2.05) is 0 Å². The Bertz CT molecular complexity index is 576. The fraction of sp³-hybridized carbons (Fsp3) is 0.500. The molecule has 0 bridgehead atoms. The van der Waals surface area contributed by atoms with Gasteiger partial charge in [0.05, 0.1) is 10.5 Å². The van der Waals surface area contributed by atoms with Gasteiger partial charge < -0.3 is 10.1 Å². The predicted octanol–water partition coefficient (Wildman–Crippen LogP) is 2.05. The van der Waals surface area contributed by atoms with Gasteiger partial charge in [-0.05, 0) is 45.0 Å². The summed E-state index contributed by atoms with van der Waals surface area (Å²) in [5.74, 6) is 0.0642. The van der Waals surface area contributed by atoms with E-state index in [0.717, 1.165) is 0 Å². The van der Waals surface area contributed by atoms with Crippen LogP contribution in [0.1, 0.15) is 20.8 Å². The molecule has 0 aliphatic carbocycles. The van der Waals surface area contributed by atoms with Crippen LogP contribution in [0.4, 0.5) is 0 Å². The number of ether oxygens (including phenoxy) is 1. The van der Waals surface area contributed by atoms with E-state index >= 15 is 0 Å². The largest absolute Gasteiger partial charge is 0.484 e. The highest BCUT2D eigenvalue weighted by Gasteiger charge is 2.28. The van der Waals surface area contributed by atoms with Crippen molar-refractivity contribution in [1.82, 2.24) is 5.32 Å². The number of hydrogen-bond donors (Lipinski definition) is 1. The summed E-state index contributed by atoms with van der Waals surface area (Å²) in [5, 5.41) is 3.11. The third kappa shape index (κ3) is 5.93. The minimum absolute atomic E-state index is 0.0718. The molecule has 0 heterocycles. The molecule has 5 nitrogen and oxygen atoms in total. The summed E-state index contributed by atoms with van der Waals surface area (Å²) in [4.78, 5) is 11.6. The lowest BCUT2D eigenvalue weighted by molar-refractivity contribution is -0.122. The van der Waals surface area contributed by atoms with Gasteiger partial charge in [0.15, 0.2) is 16.4 Å².